The van der Waals surface area contributed by atoms with Crippen molar-refractivity contribution in [3.8, 4) is 5.75 Å². The first-order valence-corrected chi connectivity index (χ1v) is 11.7. The van der Waals surface area contributed by atoms with E-state index in [0.29, 0.717) is 16.2 Å². The number of phenolic OH excluding ortho intramolecular Hbond substituents is 1. The number of benzene rings is 1. The summed E-state index contributed by atoms with van der Waals surface area (Å²) in [7, 11) is 0. The van der Waals surface area contributed by atoms with Crippen LogP contribution < -0.4 is 0 Å². The maximum absolute atomic E-state index is 11.0. The monoisotopic (exact) mass is 410 g/mol. The van der Waals surface area contributed by atoms with Crippen molar-refractivity contribution in [3.63, 3.8) is 0 Å². The molecule has 1 fully saturated rings. The summed E-state index contributed by atoms with van der Waals surface area (Å²) < 4.78 is 0. The van der Waals surface area contributed by atoms with Gasteiger partial charge in [0, 0.05) is 26.5 Å². The summed E-state index contributed by atoms with van der Waals surface area (Å²) in [4.78, 5) is 12.2. The molecule has 1 aliphatic rings. The molecule has 1 saturated carbocycles. The standard InChI is InChI=1S/C22H34O3S2/c1-21(2,3)15-11-14(12-16(20(15)25)22(4,5)6)27-18-10-8-7-9-17(18)26-13-19(23)24/h11-12,17-18,25H,7-10,13H2,1-6H3,(H,23,24)/t17-,18-/m1/s1. The molecule has 2 atom stereocenters. The van der Waals surface area contributed by atoms with E-state index in [1.54, 1.807) is 11.8 Å². The molecule has 0 radical (unpaired) electrons. The Morgan fingerprint density at radius 1 is 1.00 bits per heavy atom. The molecule has 1 aromatic rings. The average molecular weight is 411 g/mol. The van der Waals surface area contributed by atoms with Crippen LogP contribution in [0, 0.1) is 0 Å². The third-order valence-corrected chi connectivity index (χ3v) is 8.00. The molecule has 0 aromatic heterocycles. The third kappa shape index (κ3) is 6.08. The minimum Gasteiger partial charge on any atom is -0.507 e. The van der Waals surface area contributed by atoms with Gasteiger partial charge in [0.05, 0.1) is 5.75 Å². The maximum Gasteiger partial charge on any atom is 0.313 e. The Morgan fingerprint density at radius 3 is 1.93 bits per heavy atom. The Kier molecular flexibility index (Phi) is 7.23. The van der Waals surface area contributed by atoms with Crippen LogP contribution in [0.25, 0.3) is 0 Å². The molecule has 0 bridgehead atoms. The van der Waals surface area contributed by atoms with Gasteiger partial charge >= 0.3 is 5.97 Å². The summed E-state index contributed by atoms with van der Waals surface area (Å²) >= 11 is 3.45. The number of hydrogen-bond donors (Lipinski definition) is 2. The summed E-state index contributed by atoms with van der Waals surface area (Å²) in [6.45, 7) is 12.8. The van der Waals surface area contributed by atoms with Crippen LogP contribution in [0.3, 0.4) is 0 Å². The van der Waals surface area contributed by atoms with Gasteiger partial charge in [-0.15, -0.1) is 23.5 Å². The van der Waals surface area contributed by atoms with Crippen LogP contribution in [-0.4, -0.2) is 32.4 Å². The summed E-state index contributed by atoms with van der Waals surface area (Å²) in [6.07, 6.45) is 4.60. The number of carboxylic acids is 1. The topological polar surface area (TPSA) is 57.5 Å². The van der Waals surface area contributed by atoms with Gasteiger partial charge in [-0.1, -0.05) is 54.4 Å². The van der Waals surface area contributed by atoms with Crippen molar-refractivity contribution in [2.45, 2.75) is 93.5 Å². The van der Waals surface area contributed by atoms with E-state index in [4.69, 9.17) is 5.11 Å². The fourth-order valence-electron chi connectivity index (χ4n) is 3.56. The molecule has 152 valence electrons. The number of carboxylic acid groups (broad SMARTS) is 1. The van der Waals surface area contributed by atoms with Crippen molar-refractivity contribution in [1.82, 2.24) is 0 Å². The Hall–Kier alpha value is -0.810. The molecule has 0 spiro atoms. The molecule has 2 N–H and O–H groups in total. The highest BCUT2D eigenvalue weighted by atomic mass is 32.2. The molecular formula is C22H34O3S2. The van der Waals surface area contributed by atoms with Gasteiger partial charge in [-0.25, -0.2) is 0 Å². The van der Waals surface area contributed by atoms with Crippen LogP contribution in [0.2, 0.25) is 0 Å². The minimum absolute atomic E-state index is 0.134. The van der Waals surface area contributed by atoms with Gasteiger partial charge in [0.2, 0.25) is 0 Å². The number of hydrogen-bond acceptors (Lipinski definition) is 4. The van der Waals surface area contributed by atoms with Crippen molar-refractivity contribution >= 4 is 29.5 Å². The average Bonchev–Trinajstić information content (AvgIpc) is 2.53. The number of thioether (sulfide) groups is 2. The normalized spacial score (nSPS) is 21.3. The zero-order chi connectivity index (χ0) is 20.4. The summed E-state index contributed by atoms with van der Waals surface area (Å²) in [5.74, 6) is -0.138. The first-order chi connectivity index (χ1) is 12.4. The first kappa shape index (κ1) is 22.5. The highest BCUT2D eigenvalue weighted by Crippen LogP contribution is 2.45. The number of aromatic hydroxyl groups is 1. The molecule has 1 aromatic carbocycles. The van der Waals surface area contributed by atoms with E-state index in [2.05, 4.69) is 53.7 Å². The van der Waals surface area contributed by atoms with Crippen LogP contribution >= 0.6 is 23.5 Å². The quantitative estimate of drug-likeness (QED) is 0.604. The summed E-state index contributed by atoms with van der Waals surface area (Å²) in [6, 6.07) is 4.28. The summed E-state index contributed by atoms with van der Waals surface area (Å²) in [5, 5.41) is 20.8. The number of carbonyl (C=O) groups is 1. The lowest BCUT2D eigenvalue weighted by Crippen LogP contribution is -2.26. The predicted molar refractivity (Wildman–Crippen MR) is 118 cm³/mol. The second-order valence-electron chi connectivity index (χ2n) is 9.55. The van der Waals surface area contributed by atoms with E-state index in [-0.39, 0.29) is 16.6 Å². The first-order valence-electron chi connectivity index (χ1n) is 9.77. The lowest BCUT2D eigenvalue weighted by Gasteiger charge is -2.32. The van der Waals surface area contributed by atoms with Gasteiger partial charge in [-0.2, -0.15) is 0 Å². The molecular weight excluding hydrogens is 376 g/mol. The Bertz CT molecular complexity index is 636. The van der Waals surface area contributed by atoms with Gasteiger partial charge in [0.15, 0.2) is 0 Å². The molecule has 2 rings (SSSR count). The lowest BCUT2D eigenvalue weighted by atomic mass is 9.79. The fourth-order valence-corrected chi connectivity index (χ4v) is 6.30. The Labute approximate surface area is 172 Å². The maximum atomic E-state index is 11.0. The molecule has 0 saturated heterocycles. The van der Waals surface area contributed by atoms with Crippen LogP contribution in [-0.2, 0) is 15.6 Å². The van der Waals surface area contributed by atoms with Crippen molar-refractivity contribution in [1.29, 1.82) is 0 Å². The van der Waals surface area contributed by atoms with Gasteiger partial charge in [-0.05, 0) is 35.8 Å². The Morgan fingerprint density at radius 2 is 1.48 bits per heavy atom. The predicted octanol–water partition coefficient (Wildman–Crippen LogP) is 6.21. The van der Waals surface area contributed by atoms with Gasteiger partial charge in [-0.3, -0.25) is 4.79 Å². The van der Waals surface area contributed by atoms with E-state index in [1.165, 1.54) is 17.7 Å². The molecule has 0 heterocycles. The molecule has 27 heavy (non-hydrogen) atoms. The second kappa shape index (κ2) is 8.69. The zero-order valence-corrected chi connectivity index (χ0v) is 19.1. The van der Waals surface area contributed by atoms with Crippen molar-refractivity contribution in [3.05, 3.63) is 23.3 Å². The van der Waals surface area contributed by atoms with E-state index in [0.717, 1.165) is 24.0 Å². The van der Waals surface area contributed by atoms with Crippen LogP contribution in [0.5, 0.6) is 5.75 Å². The Balaban J connectivity index is 2.35. The van der Waals surface area contributed by atoms with Gasteiger partial charge < -0.3 is 10.2 Å². The SMILES string of the molecule is CC(C)(C)c1cc(S[C@@H]2CCCC[C@H]2SCC(=O)O)cc(C(C)(C)C)c1O. The molecule has 0 aliphatic heterocycles. The number of aliphatic carboxylic acids is 1. The van der Waals surface area contributed by atoms with Crippen LogP contribution in [0.15, 0.2) is 17.0 Å². The van der Waals surface area contributed by atoms with Crippen LogP contribution in [0.1, 0.15) is 78.4 Å². The molecule has 0 amide bonds. The van der Waals surface area contributed by atoms with Crippen molar-refractivity contribution in [2.24, 2.45) is 0 Å². The van der Waals surface area contributed by atoms with E-state index in [1.807, 2.05) is 11.8 Å². The van der Waals surface area contributed by atoms with Crippen molar-refractivity contribution < 1.29 is 15.0 Å². The molecule has 3 nitrogen and oxygen atoms in total. The summed E-state index contributed by atoms with van der Waals surface area (Å²) in [5.41, 5.74) is 1.71. The highest BCUT2D eigenvalue weighted by molar-refractivity contribution is 8.04. The van der Waals surface area contributed by atoms with Gasteiger partial charge in [0.1, 0.15) is 5.75 Å². The number of rotatable bonds is 5. The molecule has 0 unspecified atom stereocenters. The second-order valence-corrected chi connectivity index (χ2v) is 12.1. The minimum atomic E-state index is -0.732. The van der Waals surface area contributed by atoms with E-state index < -0.39 is 5.97 Å². The zero-order valence-electron chi connectivity index (χ0n) is 17.5. The third-order valence-electron chi connectivity index (χ3n) is 5.05. The fraction of sp³-hybridized carbons (Fsp3) is 0.682. The van der Waals surface area contributed by atoms with E-state index in [9.17, 15) is 9.90 Å². The largest absolute Gasteiger partial charge is 0.507 e. The van der Waals surface area contributed by atoms with Crippen molar-refractivity contribution in [2.75, 3.05) is 5.75 Å². The molecule has 5 heteroatoms. The number of phenols is 1. The smallest absolute Gasteiger partial charge is 0.313 e. The molecule has 1 aliphatic carbocycles. The highest BCUT2D eigenvalue weighted by Gasteiger charge is 2.30. The lowest BCUT2D eigenvalue weighted by molar-refractivity contribution is -0.133. The van der Waals surface area contributed by atoms with E-state index >= 15 is 0 Å². The van der Waals surface area contributed by atoms with Gasteiger partial charge in [0.25, 0.3) is 0 Å². The van der Waals surface area contributed by atoms with Crippen LogP contribution in [0.4, 0.5) is 0 Å².